The lowest BCUT2D eigenvalue weighted by Gasteiger charge is -2.32. The van der Waals surface area contributed by atoms with E-state index in [0.717, 1.165) is 12.5 Å². The molecule has 0 spiro atoms. The molecule has 12 heavy (non-hydrogen) atoms. The summed E-state index contributed by atoms with van der Waals surface area (Å²) in [5.74, 6) is 2.09. The van der Waals surface area contributed by atoms with Crippen LogP contribution in [0.1, 0.15) is 27.7 Å². The average molecular weight is 168 g/mol. The fourth-order valence-electron chi connectivity index (χ4n) is 1.86. The van der Waals surface area contributed by atoms with E-state index < -0.39 is 0 Å². The first-order valence-corrected chi connectivity index (χ1v) is 4.88. The molecule has 2 heteroatoms. The Kier molecular flexibility index (Phi) is 3.12. The largest absolute Gasteiger partial charge is 0.376 e. The lowest BCUT2D eigenvalue weighted by atomic mass is 9.82. The van der Waals surface area contributed by atoms with Gasteiger partial charge < -0.3 is 5.32 Å². The first-order valence-electron chi connectivity index (χ1n) is 4.88. The summed E-state index contributed by atoms with van der Waals surface area (Å²) in [6.07, 6.45) is 1.86. The van der Waals surface area contributed by atoms with Crippen molar-refractivity contribution in [3.63, 3.8) is 0 Å². The van der Waals surface area contributed by atoms with Gasteiger partial charge in [0.05, 0.1) is 12.4 Å². The van der Waals surface area contributed by atoms with Crippen LogP contribution in [-0.4, -0.2) is 18.9 Å². The molecule has 0 saturated carbocycles. The Balaban J connectivity index is 2.65. The standard InChI is InChI=1S/C10H20N2/c1-7(2)9-5-11-6-12-10(9)8(3)4/h6-10H,5H2,1-4H3,(H,11,12). The van der Waals surface area contributed by atoms with Gasteiger partial charge in [0, 0.05) is 12.5 Å². The zero-order chi connectivity index (χ0) is 9.14. The van der Waals surface area contributed by atoms with Crippen LogP contribution in [-0.2, 0) is 0 Å². The number of hydrogen-bond acceptors (Lipinski definition) is 2. The summed E-state index contributed by atoms with van der Waals surface area (Å²) in [5.41, 5.74) is 0. The van der Waals surface area contributed by atoms with Gasteiger partial charge in [-0.25, -0.2) is 0 Å². The molecule has 2 nitrogen and oxygen atoms in total. The van der Waals surface area contributed by atoms with Crippen LogP contribution in [0, 0.1) is 17.8 Å². The highest BCUT2D eigenvalue weighted by Gasteiger charge is 2.27. The maximum Gasteiger partial charge on any atom is 0.0827 e. The molecular weight excluding hydrogens is 148 g/mol. The molecule has 0 aromatic rings. The Hall–Kier alpha value is -0.530. The molecule has 0 saturated heterocycles. The van der Waals surface area contributed by atoms with Crippen LogP contribution in [0.3, 0.4) is 0 Å². The van der Waals surface area contributed by atoms with Crippen molar-refractivity contribution in [2.45, 2.75) is 33.7 Å². The highest BCUT2D eigenvalue weighted by atomic mass is 15.0. The Morgan fingerprint density at radius 1 is 1.25 bits per heavy atom. The smallest absolute Gasteiger partial charge is 0.0827 e. The normalized spacial score (nSPS) is 29.5. The minimum Gasteiger partial charge on any atom is -0.376 e. The number of rotatable bonds is 2. The van der Waals surface area contributed by atoms with Crippen LogP contribution in [0.2, 0.25) is 0 Å². The molecule has 1 aliphatic heterocycles. The van der Waals surface area contributed by atoms with Gasteiger partial charge in [-0.3, -0.25) is 4.99 Å². The SMILES string of the molecule is CC(C)C1CNC=NC1C(C)C. The van der Waals surface area contributed by atoms with Gasteiger partial charge in [-0.1, -0.05) is 27.7 Å². The van der Waals surface area contributed by atoms with E-state index in [9.17, 15) is 0 Å². The van der Waals surface area contributed by atoms with E-state index >= 15 is 0 Å². The van der Waals surface area contributed by atoms with Crippen molar-refractivity contribution in [3.05, 3.63) is 0 Å². The van der Waals surface area contributed by atoms with Gasteiger partial charge >= 0.3 is 0 Å². The minimum atomic E-state index is 0.520. The first kappa shape index (κ1) is 9.56. The lowest BCUT2D eigenvalue weighted by molar-refractivity contribution is 0.260. The van der Waals surface area contributed by atoms with Crippen molar-refractivity contribution in [1.29, 1.82) is 0 Å². The third-order valence-corrected chi connectivity index (χ3v) is 2.67. The van der Waals surface area contributed by atoms with Gasteiger partial charge in [-0.05, 0) is 11.8 Å². The summed E-state index contributed by atoms with van der Waals surface area (Å²) in [6, 6.07) is 0.520. The van der Waals surface area contributed by atoms with Gasteiger partial charge in [-0.2, -0.15) is 0 Å². The van der Waals surface area contributed by atoms with Crippen LogP contribution >= 0.6 is 0 Å². The summed E-state index contributed by atoms with van der Waals surface area (Å²) in [4.78, 5) is 4.50. The van der Waals surface area contributed by atoms with Crippen molar-refractivity contribution in [3.8, 4) is 0 Å². The molecule has 70 valence electrons. The fourth-order valence-corrected chi connectivity index (χ4v) is 1.86. The second-order valence-corrected chi connectivity index (χ2v) is 4.33. The number of nitrogens with zero attached hydrogens (tertiary/aromatic N) is 1. The second-order valence-electron chi connectivity index (χ2n) is 4.33. The van der Waals surface area contributed by atoms with E-state index in [-0.39, 0.29) is 0 Å². The average Bonchev–Trinajstić information content (AvgIpc) is 2.04. The maximum absolute atomic E-state index is 4.50. The van der Waals surface area contributed by atoms with Crippen LogP contribution in [0.5, 0.6) is 0 Å². The van der Waals surface area contributed by atoms with E-state index in [4.69, 9.17) is 0 Å². The zero-order valence-electron chi connectivity index (χ0n) is 8.54. The predicted octanol–water partition coefficient (Wildman–Crippen LogP) is 1.91. The summed E-state index contributed by atoms with van der Waals surface area (Å²) in [7, 11) is 0. The predicted molar refractivity (Wildman–Crippen MR) is 53.4 cm³/mol. The van der Waals surface area contributed by atoms with Crippen LogP contribution in [0.25, 0.3) is 0 Å². The molecule has 0 radical (unpaired) electrons. The molecule has 0 aromatic carbocycles. The Morgan fingerprint density at radius 2 is 1.92 bits per heavy atom. The molecule has 1 rings (SSSR count). The summed E-state index contributed by atoms with van der Waals surface area (Å²) in [5, 5.41) is 3.21. The van der Waals surface area contributed by atoms with Crippen LogP contribution in [0.15, 0.2) is 4.99 Å². The van der Waals surface area contributed by atoms with Gasteiger partial charge in [0.25, 0.3) is 0 Å². The number of aliphatic imine (C=N–C) groups is 1. The molecule has 0 bridgehead atoms. The van der Waals surface area contributed by atoms with Crippen molar-refractivity contribution >= 4 is 6.34 Å². The van der Waals surface area contributed by atoms with Crippen molar-refractivity contribution in [2.24, 2.45) is 22.7 Å². The van der Waals surface area contributed by atoms with Crippen molar-refractivity contribution < 1.29 is 0 Å². The molecule has 0 aliphatic carbocycles. The minimum absolute atomic E-state index is 0.520. The molecule has 0 amide bonds. The fraction of sp³-hybridized carbons (Fsp3) is 0.900. The first-order chi connectivity index (χ1) is 5.63. The zero-order valence-corrected chi connectivity index (χ0v) is 8.54. The van der Waals surface area contributed by atoms with Gasteiger partial charge in [0.15, 0.2) is 0 Å². The maximum atomic E-state index is 4.50. The number of hydrogen-bond donors (Lipinski definition) is 1. The molecule has 1 N–H and O–H groups in total. The molecule has 0 aromatic heterocycles. The molecule has 1 aliphatic rings. The van der Waals surface area contributed by atoms with E-state index in [0.29, 0.717) is 17.9 Å². The molecule has 2 unspecified atom stereocenters. The Labute approximate surface area is 75.5 Å². The van der Waals surface area contributed by atoms with E-state index in [2.05, 4.69) is 38.0 Å². The molecule has 2 atom stereocenters. The third-order valence-electron chi connectivity index (χ3n) is 2.67. The Bertz CT molecular complexity index is 161. The molecular formula is C10H20N2. The number of nitrogens with one attached hydrogen (secondary N) is 1. The monoisotopic (exact) mass is 168 g/mol. The highest BCUT2D eigenvalue weighted by molar-refractivity contribution is 5.55. The van der Waals surface area contributed by atoms with E-state index in [1.54, 1.807) is 0 Å². The summed E-state index contributed by atoms with van der Waals surface area (Å²) in [6.45, 7) is 10.2. The Morgan fingerprint density at radius 3 is 2.33 bits per heavy atom. The van der Waals surface area contributed by atoms with Crippen LogP contribution in [0.4, 0.5) is 0 Å². The molecule has 0 fully saturated rings. The van der Waals surface area contributed by atoms with Crippen LogP contribution < -0.4 is 5.32 Å². The van der Waals surface area contributed by atoms with Gasteiger partial charge in [0.1, 0.15) is 0 Å². The highest BCUT2D eigenvalue weighted by Crippen LogP contribution is 2.24. The van der Waals surface area contributed by atoms with Gasteiger partial charge in [-0.15, -0.1) is 0 Å². The van der Waals surface area contributed by atoms with E-state index in [1.807, 2.05) is 6.34 Å². The second kappa shape index (κ2) is 3.92. The quantitative estimate of drug-likeness (QED) is 0.669. The summed E-state index contributed by atoms with van der Waals surface area (Å²) >= 11 is 0. The molecule has 1 heterocycles. The third kappa shape index (κ3) is 1.99. The topological polar surface area (TPSA) is 24.4 Å². The van der Waals surface area contributed by atoms with E-state index in [1.165, 1.54) is 0 Å². The van der Waals surface area contributed by atoms with Gasteiger partial charge in [0.2, 0.25) is 0 Å². The summed E-state index contributed by atoms with van der Waals surface area (Å²) < 4.78 is 0. The van der Waals surface area contributed by atoms with Crippen molar-refractivity contribution in [2.75, 3.05) is 6.54 Å². The lowest BCUT2D eigenvalue weighted by Crippen LogP contribution is -2.40. The van der Waals surface area contributed by atoms with Crippen molar-refractivity contribution in [1.82, 2.24) is 5.32 Å².